The van der Waals surface area contributed by atoms with Crippen molar-refractivity contribution < 1.29 is 43.3 Å². The topological polar surface area (TPSA) is 149 Å². The summed E-state index contributed by atoms with van der Waals surface area (Å²) in [6.45, 7) is 0.981. The van der Waals surface area contributed by atoms with Crippen LogP contribution < -0.4 is 10.1 Å². The molecule has 0 bridgehead atoms. The summed E-state index contributed by atoms with van der Waals surface area (Å²) in [5.41, 5.74) is 1.99. The number of likely N-dealkylation sites (tertiary alicyclic amines) is 1. The van der Waals surface area contributed by atoms with Crippen LogP contribution in [0.3, 0.4) is 0 Å². The lowest BCUT2D eigenvalue weighted by molar-refractivity contribution is -0.152. The zero-order valence-electron chi connectivity index (χ0n) is 24.8. The molecule has 3 aromatic rings. The first-order chi connectivity index (χ1) is 21.7. The van der Waals surface area contributed by atoms with E-state index in [4.69, 9.17) is 14.2 Å². The zero-order chi connectivity index (χ0) is 32.3. The Kier molecular flexibility index (Phi) is 11.6. The first-order valence-corrected chi connectivity index (χ1v) is 15.1. The first-order valence-electron chi connectivity index (χ1n) is 14.3. The molecule has 45 heavy (non-hydrogen) atoms. The van der Waals surface area contributed by atoms with Crippen LogP contribution in [-0.4, -0.2) is 64.0 Å². The highest BCUT2D eigenvalue weighted by Gasteiger charge is 2.43. The van der Waals surface area contributed by atoms with Crippen LogP contribution in [0.2, 0.25) is 0 Å². The second-order valence-electron chi connectivity index (χ2n) is 10.3. The van der Waals surface area contributed by atoms with E-state index in [1.165, 1.54) is 25.0 Å². The van der Waals surface area contributed by atoms with Gasteiger partial charge in [0.1, 0.15) is 24.1 Å². The highest BCUT2D eigenvalue weighted by Crippen LogP contribution is 2.40. The van der Waals surface area contributed by atoms with Gasteiger partial charge in [-0.25, -0.2) is 9.59 Å². The van der Waals surface area contributed by atoms with E-state index >= 15 is 0 Å². The summed E-state index contributed by atoms with van der Waals surface area (Å²) < 4.78 is 15.2. The molecule has 3 atom stereocenters. The van der Waals surface area contributed by atoms with E-state index in [2.05, 4.69) is 5.32 Å². The second-order valence-corrected chi connectivity index (χ2v) is 11.7. The van der Waals surface area contributed by atoms with E-state index in [0.717, 1.165) is 17.3 Å². The normalized spacial score (nSPS) is 16.4. The number of amides is 2. The van der Waals surface area contributed by atoms with Crippen LogP contribution in [0.1, 0.15) is 42.5 Å². The summed E-state index contributed by atoms with van der Waals surface area (Å²) in [4.78, 5) is 64.5. The molecule has 3 aromatic carbocycles. The van der Waals surface area contributed by atoms with Gasteiger partial charge in [0.2, 0.25) is 11.8 Å². The van der Waals surface area contributed by atoms with E-state index in [1.807, 2.05) is 30.3 Å². The maximum atomic E-state index is 13.4. The van der Waals surface area contributed by atoms with Gasteiger partial charge in [-0.05, 0) is 48.6 Å². The molecule has 1 heterocycles. The van der Waals surface area contributed by atoms with Gasteiger partial charge in [0.25, 0.3) is 0 Å². The maximum absolute atomic E-state index is 13.4. The van der Waals surface area contributed by atoms with Gasteiger partial charge in [-0.3, -0.25) is 14.4 Å². The van der Waals surface area contributed by atoms with Crippen molar-refractivity contribution in [2.24, 2.45) is 0 Å². The summed E-state index contributed by atoms with van der Waals surface area (Å²) in [7, 11) is 1.24. The fourth-order valence-corrected chi connectivity index (χ4v) is 5.97. The lowest BCUT2D eigenvalue weighted by atomic mass is 10.0. The molecule has 1 aliphatic heterocycles. The molecule has 2 N–H and O–H groups in total. The zero-order valence-corrected chi connectivity index (χ0v) is 25.7. The number of hydrogen-bond acceptors (Lipinski definition) is 10. The summed E-state index contributed by atoms with van der Waals surface area (Å²) in [5, 5.41) is 11.9. The molecule has 0 spiro atoms. The van der Waals surface area contributed by atoms with Crippen molar-refractivity contribution in [3.63, 3.8) is 0 Å². The lowest BCUT2D eigenvalue weighted by Crippen LogP contribution is -2.48. The number of carbonyl (C=O) groups is 5. The maximum Gasteiger partial charge on any atom is 0.514 e. The van der Waals surface area contributed by atoms with Gasteiger partial charge < -0.3 is 29.5 Å². The molecule has 11 nitrogen and oxygen atoms in total. The molecule has 1 saturated heterocycles. The fraction of sp³-hybridized carbons (Fsp3) is 0.303. The fourth-order valence-electron chi connectivity index (χ4n) is 5.11. The smallest absolute Gasteiger partial charge is 0.508 e. The van der Waals surface area contributed by atoms with Gasteiger partial charge in [-0.2, -0.15) is 0 Å². The van der Waals surface area contributed by atoms with Crippen molar-refractivity contribution in [2.75, 3.05) is 13.7 Å². The second kappa shape index (κ2) is 15.8. The minimum Gasteiger partial charge on any atom is -0.508 e. The van der Waals surface area contributed by atoms with Gasteiger partial charge in [0.15, 0.2) is 5.12 Å². The Morgan fingerprint density at radius 1 is 0.933 bits per heavy atom. The molecule has 4 rings (SSSR count). The Morgan fingerprint density at radius 2 is 1.62 bits per heavy atom. The molecule has 1 aliphatic rings. The molecular weight excluding hydrogens is 600 g/mol. The number of ether oxygens (including phenoxy) is 3. The third-order valence-corrected chi connectivity index (χ3v) is 8.20. The largest absolute Gasteiger partial charge is 0.514 e. The number of phenolic OH excluding ortho intramolecular Hbond substituents is 1. The number of esters is 1. The van der Waals surface area contributed by atoms with E-state index in [-0.39, 0.29) is 29.6 Å². The third kappa shape index (κ3) is 9.08. The molecule has 2 amide bonds. The number of aromatic hydroxyl groups is 1. The van der Waals surface area contributed by atoms with E-state index in [9.17, 15) is 29.1 Å². The van der Waals surface area contributed by atoms with Crippen LogP contribution in [0.25, 0.3) is 0 Å². The van der Waals surface area contributed by atoms with E-state index in [0.29, 0.717) is 24.0 Å². The molecule has 2 unspecified atom stereocenters. The molecule has 236 valence electrons. The SMILES string of the molecule is COC(=O)[C@@H]1CCC(c2ccccc2O)N1C(=O)CNC(=O)C(Cc1ccc(OC(=O)OCc2ccccc2)cc1)SC(C)=O. The third-order valence-electron chi connectivity index (χ3n) is 7.20. The quantitative estimate of drug-likeness (QED) is 0.231. The van der Waals surface area contributed by atoms with Crippen LogP contribution in [0, 0.1) is 0 Å². The van der Waals surface area contributed by atoms with Crippen LogP contribution in [0.15, 0.2) is 78.9 Å². The van der Waals surface area contributed by atoms with Gasteiger partial charge in [0.05, 0.1) is 24.9 Å². The minimum atomic E-state index is -0.872. The Hall–Kier alpha value is -4.84. The van der Waals surface area contributed by atoms with Gasteiger partial charge in [-0.1, -0.05) is 72.4 Å². The molecular formula is C33H34N2O9S. The van der Waals surface area contributed by atoms with E-state index in [1.54, 1.807) is 42.5 Å². The summed E-state index contributed by atoms with van der Waals surface area (Å²) >= 11 is 0.826. The Balaban J connectivity index is 1.37. The van der Waals surface area contributed by atoms with Crippen molar-refractivity contribution in [2.45, 2.75) is 50.1 Å². The number of benzene rings is 3. The number of nitrogens with zero attached hydrogens (tertiary/aromatic N) is 1. The first kappa shape index (κ1) is 33.1. The predicted octanol–water partition coefficient (Wildman–Crippen LogP) is 4.32. The molecule has 0 radical (unpaired) electrons. The lowest BCUT2D eigenvalue weighted by Gasteiger charge is -2.30. The number of hydrogen-bond donors (Lipinski definition) is 2. The number of nitrogens with one attached hydrogen (secondary N) is 1. The van der Waals surface area contributed by atoms with Crippen LogP contribution in [0.5, 0.6) is 11.5 Å². The Labute approximate surface area is 264 Å². The van der Waals surface area contributed by atoms with Gasteiger partial charge >= 0.3 is 12.1 Å². The molecule has 0 saturated carbocycles. The monoisotopic (exact) mass is 634 g/mol. The molecule has 0 aliphatic carbocycles. The average Bonchev–Trinajstić information content (AvgIpc) is 3.48. The van der Waals surface area contributed by atoms with Gasteiger partial charge in [0, 0.05) is 12.5 Å². The highest BCUT2D eigenvalue weighted by molar-refractivity contribution is 8.14. The highest BCUT2D eigenvalue weighted by atomic mass is 32.2. The van der Waals surface area contributed by atoms with Crippen LogP contribution >= 0.6 is 11.8 Å². The van der Waals surface area contributed by atoms with Crippen molar-refractivity contribution >= 4 is 40.8 Å². The Morgan fingerprint density at radius 3 is 2.29 bits per heavy atom. The number of para-hydroxylation sites is 1. The number of carbonyl (C=O) groups excluding carboxylic acids is 5. The van der Waals surface area contributed by atoms with Crippen LogP contribution in [0.4, 0.5) is 4.79 Å². The van der Waals surface area contributed by atoms with Crippen molar-refractivity contribution in [1.29, 1.82) is 0 Å². The van der Waals surface area contributed by atoms with Crippen molar-refractivity contribution in [3.8, 4) is 11.5 Å². The number of phenols is 1. The van der Waals surface area contributed by atoms with Crippen molar-refractivity contribution in [3.05, 3.63) is 95.6 Å². The molecule has 12 heteroatoms. The predicted molar refractivity (Wildman–Crippen MR) is 165 cm³/mol. The van der Waals surface area contributed by atoms with Crippen LogP contribution in [-0.2, 0) is 41.7 Å². The average molecular weight is 635 g/mol. The standard InChI is InChI=1S/C33H34N2O9S/c1-21(36)45-29(18-22-12-14-24(15-13-22)44-33(41)43-20-23-8-4-3-5-9-23)31(39)34-19-30(38)35-26(16-17-27(35)32(40)42-2)25-10-6-7-11-28(25)37/h3-15,26-27,29,37H,16-20H2,1-2H3,(H,34,39)/t26?,27-,29?/m0/s1. The summed E-state index contributed by atoms with van der Waals surface area (Å²) in [6.07, 6.45) is 0.0406. The number of rotatable bonds is 11. The van der Waals surface area contributed by atoms with Crippen molar-refractivity contribution in [1.82, 2.24) is 10.2 Å². The summed E-state index contributed by atoms with van der Waals surface area (Å²) in [6, 6.07) is 20.7. The molecule has 0 aromatic heterocycles. The number of thioether (sulfide) groups is 1. The number of methoxy groups -OCH3 is 1. The Bertz CT molecular complexity index is 1510. The van der Waals surface area contributed by atoms with E-state index < -0.39 is 47.8 Å². The summed E-state index contributed by atoms with van der Waals surface area (Å²) in [5.74, 6) is -1.42. The minimum absolute atomic E-state index is 0.00623. The van der Waals surface area contributed by atoms with Gasteiger partial charge in [-0.15, -0.1) is 0 Å². The molecule has 1 fully saturated rings.